The molecule has 0 aliphatic rings. The van der Waals surface area contributed by atoms with Gasteiger partial charge in [-0.2, -0.15) is 5.10 Å². The minimum Gasteiger partial charge on any atom is -0.464 e. The molecule has 0 unspecified atom stereocenters. The van der Waals surface area contributed by atoms with E-state index in [4.69, 9.17) is 4.74 Å². The first kappa shape index (κ1) is 17.0. The van der Waals surface area contributed by atoms with Crippen LogP contribution in [0.1, 0.15) is 49.9 Å². The van der Waals surface area contributed by atoms with Crippen LogP contribution in [0.3, 0.4) is 0 Å². The van der Waals surface area contributed by atoms with Crippen molar-refractivity contribution in [3.05, 3.63) is 17.5 Å². The number of esters is 1. The Bertz CT molecular complexity index is 531. The number of carbonyl (C=O) groups excluding carboxylic acids is 2. The summed E-state index contributed by atoms with van der Waals surface area (Å²) < 4.78 is 11.4. The molecule has 0 radical (unpaired) electrons. The number of nitrogens with zero attached hydrogens (tertiary/aromatic N) is 3. The van der Waals surface area contributed by atoms with Gasteiger partial charge < -0.3 is 14.4 Å². The number of rotatable bonds is 3. The lowest BCUT2D eigenvalue weighted by atomic mass is 10.2. The quantitative estimate of drug-likeness (QED) is 0.799. The van der Waals surface area contributed by atoms with Crippen molar-refractivity contribution in [2.45, 2.75) is 39.3 Å². The van der Waals surface area contributed by atoms with Crippen molar-refractivity contribution in [3.8, 4) is 0 Å². The van der Waals surface area contributed by atoms with Gasteiger partial charge in [-0.3, -0.25) is 4.68 Å². The van der Waals surface area contributed by atoms with E-state index in [0.29, 0.717) is 11.4 Å². The van der Waals surface area contributed by atoms with Crippen molar-refractivity contribution in [1.82, 2.24) is 14.7 Å². The maximum Gasteiger partial charge on any atom is 0.410 e. The first-order valence-electron chi connectivity index (χ1n) is 6.65. The standard InChI is InChI=1S/C14H23N3O4/c1-9(16(5)13(19)21-14(2,3)4)10-8-11(12(18)20-7)17(6)15-10/h8-9H,1-7H3/t9-/m1/s1. The number of hydrogen-bond donors (Lipinski definition) is 0. The van der Waals surface area contributed by atoms with Crippen molar-refractivity contribution in [3.63, 3.8) is 0 Å². The summed E-state index contributed by atoms with van der Waals surface area (Å²) in [5, 5.41) is 4.25. The molecule has 7 heteroatoms. The lowest BCUT2D eigenvalue weighted by Gasteiger charge is -2.27. The fraction of sp³-hybridized carbons (Fsp3) is 0.643. The van der Waals surface area contributed by atoms with Gasteiger partial charge in [0.2, 0.25) is 0 Å². The largest absolute Gasteiger partial charge is 0.464 e. The highest BCUT2D eigenvalue weighted by Crippen LogP contribution is 2.21. The molecule has 0 N–H and O–H groups in total. The number of hydrogen-bond acceptors (Lipinski definition) is 5. The second kappa shape index (κ2) is 6.15. The predicted molar refractivity (Wildman–Crippen MR) is 77.0 cm³/mol. The van der Waals surface area contributed by atoms with Crippen LogP contribution >= 0.6 is 0 Å². The zero-order chi connectivity index (χ0) is 16.4. The van der Waals surface area contributed by atoms with Crippen molar-refractivity contribution < 1.29 is 19.1 Å². The van der Waals surface area contributed by atoms with Crippen LogP contribution in [0.4, 0.5) is 4.79 Å². The zero-order valence-electron chi connectivity index (χ0n) is 13.6. The molecule has 0 saturated heterocycles. The number of ether oxygens (including phenoxy) is 2. The Hall–Kier alpha value is -2.05. The number of carbonyl (C=O) groups is 2. The highest BCUT2D eigenvalue weighted by Gasteiger charge is 2.26. The summed E-state index contributed by atoms with van der Waals surface area (Å²) in [6.45, 7) is 7.23. The minimum absolute atomic E-state index is 0.329. The Balaban J connectivity index is 2.91. The van der Waals surface area contributed by atoms with Crippen LogP contribution in [0.2, 0.25) is 0 Å². The molecular weight excluding hydrogens is 274 g/mol. The third-order valence-electron chi connectivity index (χ3n) is 2.98. The Morgan fingerprint density at radius 1 is 1.38 bits per heavy atom. The van der Waals surface area contributed by atoms with Crippen LogP contribution < -0.4 is 0 Å². The van der Waals surface area contributed by atoms with E-state index in [9.17, 15) is 9.59 Å². The van der Waals surface area contributed by atoms with Crippen LogP contribution in [0, 0.1) is 0 Å². The monoisotopic (exact) mass is 297 g/mol. The molecule has 0 bridgehead atoms. The molecule has 1 aromatic rings. The Morgan fingerprint density at radius 2 is 1.95 bits per heavy atom. The minimum atomic E-state index is -0.563. The summed E-state index contributed by atoms with van der Waals surface area (Å²) >= 11 is 0. The Morgan fingerprint density at radius 3 is 2.43 bits per heavy atom. The number of methoxy groups -OCH3 is 1. The van der Waals surface area contributed by atoms with E-state index in [1.807, 2.05) is 6.92 Å². The second-order valence-electron chi connectivity index (χ2n) is 5.84. The maximum atomic E-state index is 12.0. The summed E-state index contributed by atoms with van der Waals surface area (Å²) in [4.78, 5) is 25.0. The van der Waals surface area contributed by atoms with Crippen molar-refractivity contribution in [2.75, 3.05) is 14.2 Å². The smallest absolute Gasteiger partial charge is 0.410 e. The summed E-state index contributed by atoms with van der Waals surface area (Å²) in [7, 11) is 4.59. The molecule has 1 heterocycles. The molecular formula is C14H23N3O4. The Labute approximate surface area is 124 Å². The van der Waals surface area contributed by atoms with Gasteiger partial charge >= 0.3 is 12.1 Å². The van der Waals surface area contributed by atoms with Gasteiger partial charge in [0.1, 0.15) is 11.3 Å². The first-order chi connectivity index (χ1) is 9.56. The molecule has 1 aromatic heterocycles. The summed E-state index contributed by atoms with van der Waals surface area (Å²) in [6, 6.07) is 1.28. The van der Waals surface area contributed by atoms with Gasteiger partial charge in [-0.05, 0) is 33.8 Å². The van der Waals surface area contributed by atoms with Gasteiger partial charge in [-0.1, -0.05) is 0 Å². The van der Waals surface area contributed by atoms with Crippen LogP contribution in [0.25, 0.3) is 0 Å². The van der Waals surface area contributed by atoms with Crippen molar-refractivity contribution in [1.29, 1.82) is 0 Å². The van der Waals surface area contributed by atoms with E-state index in [1.54, 1.807) is 40.9 Å². The highest BCUT2D eigenvalue weighted by molar-refractivity contribution is 5.87. The average molecular weight is 297 g/mol. The molecule has 21 heavy (non-hydrogen) atoms. The summed E-state index contributed by atoms with van der Waals surface area (Å²) in [6.07, 6.45) is -0.444. The zero-order valence-corrected chi connectivity index (χ0v) is 13.6. The highest BCUT2D eigenvalue weighted by atomic mass is 16.6. The van der Waals surface area contributed by atoms with Gasteiger partial charge in [0.05, 0.1) is 18.8 Å². The fourth-order valence-corrected chi connectivity index (χ4v) is 1.68. The van der Waals surface area contributed by atoms with Gasteiger partial charge in [-0.15, -0.1) is 0 Å². The number of amides is 1. The van der Waals surface area contributed by atoms with E-state index in [1.165, 1.54) is 16.7 Å². The third-order valence-corrected chi connectivity index (χ3v) is 2.98. The molecule has 0 aliphatic heterocycles. The predicted octanol–water partition coefficient (Wildman–Crippen LogP) is 2.13. The van der Waals surface area contributed by atoms with Crippen LogP contribution in [-0.2, 0) is 16.5 Å². The van der Waals surface area contributed by atoms with Gasteiger partial charge in [0, 0.05) is 14.1 Å². The lowest BCUT2D eigenvalue weighted by Crippen LogP contribution is -2.35. The number of aromatic nitrogens is 2. The van der Waals surface area contributed by atoms with E-state index in [2.05, 4.69) is 9.84 Å². The van der Waals surface area contributed by atoms with E-state index in [0.717, 1.165) is 0 Å². The van der Waals surface area contributed by atoms with E-state index < -0.39 is 17.7 Å². The fourth-order valence-electron chi connectivity index (χ4n) is 1.68. The normalized spacial score (nSPS) is 12.7. The molecule has 1 rings (SSSR count). The molecule has 0 fully saturated rings. The van der Waals surface area contributed by atoms with Gasteiger partial charge in [0.15, 0.2) is 0 Å². The van der Waals surface area contributed by atoms with Crippen LogP contribution in [-0.4, -0.2) is 46.5 Å². The molecule has 7 nitrogen and oxygen atoms in total. The van der Waals surface area contributed by atoms with Gasteiger partial charge in [-0.25, -0.2) is 9.59 Å². The molecule has 1 amide bonds. The SMILES string of the molecule is COC(=O)c1cc([C@@H](C)N(C)C(=O)OC(C)(C)C)nn1C. The van der Waals surface area contributed by atoms with Crippen LogP contribution in [0.5, 0.6) is 0 Å². The lowest BCUT2D eigenvalue weighted by molar-refractivity contribution is 0.0230. The Kier molecular flexibility index (Phi) is 4.98. The molecule has 0 aliphatic carbocycles. The molecule has 0 saturated carbocycles. The van der Waals surface area contributed by atoms with E-state index >= 15 is 0 Å². The topological polar surface area (TPSA) is 73.7 Å². The maximum absolute atomic E-state index is 12.0. The number of aryl methyl sites for hydroxylation is 1. The molecule has 1 atom stereocenters. The average Bonchev–Trinajstić information content (AvgIpc) is 2.76. The molecule has 0 aromatic carbocycles. The molecule has 0 spiro atoms. The summed E-state index contributed by atoms with van der Waals surface area (Å²) in [5.74, 6) is -0.469. The van der Waals surface area contributed by atoms with E-state index in [-0.39, 0.29) is 6.04 Å². The third kappa shape index (κ3) is 4.21. The molecule has 118 valence electrons. The van der Waals surface area contributed by atoms with Crippen LogP contribution in [0.15, 0.2) is 6.07 Å². The second-order valence-corrected chi connectivity index (χ2v) is 5.84. The summed E-state index contributed by atoms with van der Waals surface area (Å²) in [5.41, 5.74) is 0.356. The van der Waals surface area contributed by atoms with Gasteiger partial charge in [0.25, 0.3) is 0 Å². The van der Waals surface area contributed by atoms with Crippen molar-refractivity contribution in [2.24, 2.45) is 7.05 Å². The van der Waals surface area contributed by atoms with Crippen molar-refractivity contribution >= 4 is 12.1 Å². The first-order valence-corrected chi connectivity index (χ1v) is 6.65.